The maximum absolute atomic E-state index is 12.5. The van der Waals surface area contributed by atoms with Crippen LogP contribution < -0.4 is 14.8 Å². The van der Waals surface area contributed by atoms with Crippen molar-refractivity contribution in [3.8, 4) is 17.2 Å². The molecule has 1 amide bonds. The molecule has 0 unspecified atom stereocenters. The van der Waals surface area contributed by atoms with E-state index in [-0.39, 0.29) is 12.5 Å². The van der Waals surface area contributed by atoms with E-state index in [1.807, 2.05) is 49.4 Å². The smallest absolute Gasteiger partial charge is 0.263 e. The lowest BCUT2D eigenvalue weighted by Gasteiger charge is -2.12. The number of carbonyl (C=O) groups is 1. The van der Waals surface area contributed by atoms with E-state index < -0.39 is 0 Å². The van der Waals surface area contributed by atoms with Crippen molar-refractivity contribution in [1.29, 1.82) is 0 Å². The summed E-state index contributed by atoms with van der Waals surface area (Å²) in [6.45, 7) is 2.47. The number of amides is 1. The summed E-state index contributed by atoms with van der Waals surface area (Å²) in [5.41, 5.74) is 3.03. The van der Waals surface area contributed by atoms with Crippen LogP contribution in [0.1, 0.15) is 18.2 Å². The van der Waals surface area contributed by atoms with Crippen LogP contribution in [0.3, 0.4) is 0 Å². The first-order valence-corrected chi connectivity index (χ1v) is 10.3. The molecule has 0 aliphatic carbocycles. The van der Waals surface area contributed by atoms with Gasteiger partial charge in [-0.1, -0.05) is 18.2 Å². The van der Waals surface area contributed by atoms with Crippen molar-refractivity contribution in [2.75, 3.05) is 18.5 Å². The first kappa shape index (κ1) is 18.4. The predicted molar refractivity (Wildman–Crippen MR) is 110 cm³/mol. The second-order valence-electron chi connectivity index (χ2n) is 6.26. The van der Waals surface area contributed by atoms with Gasteiger partial charge in [-0.2, -0.15) is 16.9 Å². The first-order chi connectivity index (χ1) is 13.7. The number of nitrogens with zero attached hydrogens (tertiary/aromatic N) is 2. The number of ether oxygens (including phenoxy) is 2. The van der Waals surface area contributed by atoms with E-state index in [9.17, 15) is 4.79 Å². The Bertz CT molecular complexity index is 955. The molecule has 1 aliphatic heterocycles. The number of para-hydroxylation sites is 1. The lowest BCUT2D eigenvalue weighted by Crippen LogP contribution is -2.22. The quantitative estimate of drug-likeness (QED) is 0.654. The van der Waals surface area contributed by atoms with Gasteiger partial charge in [0.25, 0.3) is 5.91 Å². The fraction of sp³-hybridized carbons (Fsp3) is 0.238. The van der Waals surface area contributed by atoms with Crippen molar-refractivity contribution in [3.63, 3.8) is 0 Å². The van der Waals surface area contributed by atoms with Crippen molar-refractivity contribution in [2.24, 2.45) is 0 Å². The average molecular weight is 395 g/mol. The Morgan fingerprint density at radius 2 is 1.79 bits per heavy atom. The van der Waals surface area contributed by atoms with Gasteiger partial charge in [0.15, 0.2) is 6.61 Å². The molecule has 3 aromatic rings. The van der Waals surface area contributed by atoms with Gasteiger partial charge in [0.2, 0.25) is 0 Å². The van der Waals surface area contributed by atoms with Crippen LogP contribution >= 0.6 is 11.8 Å². The maximum atomic E-state index is 12.5. The van der Waals surface area contributed by atoms with Crippen LogP contribution in [0.4, 0.5) is 5.82 Å². The molecule has 28 heavy (non-hydrogen) atoms. The number of fused-ring (bicyclic) bond motifs is 1. The third kappa shape index (κ3) is 3.99. The van der Waals surface area contributed by atoms with Gasteiger partial charge < -0.3 is 14.8 Å². The number of aromatic nitrogens is 2. The highest BCUT2D eigenvalue weighted by Gasteiger charge is 2.24. The summed E-state index contributed by atoms with van der Waals surface area (Å²) < 4.78 is 12.8. The molecule has 0 atom stereocenters. The van der Waals surface area contributed by atoms with Crippen LogP contribution in [-0.4, -0.2) is 28.9 Å². The minimum atomic E-state index is -0.217. The van der Waals surface area contributed by atoms with Crippen molar-refractivity contribution in [2.45, 2.75) is 18.4 Å². The molecule has 0 saturated carbocycles. The lowest BCUT2D eigenvalue weighted by molar-refractivity contribution is -0.118. The Balaban J connectivity index is 1.46. The number of hydrogen-bond acceptors (Lipinski definition) is 5. The minimum absolute atomic E-state index is 0.0735. The molecule has 2 heterocycles. The van der Waals surface area contributed by atoms with Crippen LogP contribution in [0.25, 0.3) is 5.69 Å². The van der Waals surface area contributed by atoms with Crippen molar-refractivity contribution in [1.82, 2.24) is 9.78 Å². The molecule has 0 spiro atoms. The molecule has 0 radical (unpaired) electrons. The van der Waals surface area contributed by atoms with Crippen molar-refractivity contribution >= 4 is 23.5 Å². The van der Waals surface area contributed by atoms with Crippen LogP contribution in [-0.2, 0) is 16.3 Å². The van der Waals surface area contributed by atoms with Crippen LogP contribution in [0.2, 0.25) is 0 Å². The molecule has 0 saturated heterocycles. The molecule has 144 valence electrons. The van der Waals surface area contributed by atoms with Gasteiger partial charge in [0, 0.05) is 17.1 Å². The maximum Gasteiger partial charge on any atom is 0.263 e. The van der Waals surface area contributed by atoms with Gasteiger partial charge in [-0.05, 0) is 43.3 Å². The summed E-state index contributed by atoms with van der Waals surface area (Å²) >= 11 is 1.80. The topological polar surface area (TPSA) is 65.4 Å². The number of nitrogens with one attached hydrogen (secondary N) is 1. The van der Waals surface area contributed by atoms with Gasteiger partial charge in [0.05, 0.1) is 18.0 Å². The summed E-state index contributed by atoms with van der Waals surface area (Å²) in [6, 6.07) is 17.1. The SMILES string of the molecule is CCOc1ccc(OCC(=O)Nc2c3c(nn2-c2ccccc2)CSC3)cc1. The zero-order valence-electron chi connectivity index (χ0n) is 15.6. The van der Waals surface area contributed by atoms with Gasteiger partial charge in [-0.15, -0.1) is 0 Å². The van der Waals surface area contributed by atoms with Crippen molar-refractivity contribution < 1.29 is 14.3 Å². The van der Waals surface area contributed by atoms with Gasteiger partial charge >= 0.3 is 0 Å². The van der Waals surface area contributed by atoms with Crippen molar-refractivity contribution in [3.05, 3.63) is 65.9 Å². The minimum Gasteiger partial charge on any atom is -0.494 e. The highest BCUT2D eigenvalue weighted by Crippen LogP contribution is 2.36. The van der Waals surface area contributed by atoms with Crippen LogP contribution in [0.15, 0.2) is 54.6 Å². The third-order valence-corrected chi connectivity index (χ3v) is 5.29. The zero-order chi connectivity index (χ0) is 19.3. The monoisotopic (exact) mass is 395 g/mol. The van der Waals surface area contributed by atoms with Gasteiger partial charge in [-0.25, -0.2) is 4.68 Å². The fourth-order valence-electron chi connectivity index (χ4n) is 3.01. The van der Waals surface area contributed by atoms with E-state index in [1.165, 1.54) is 0 Å². The molecular formula is C21H21N3O3S. The highest BCUT2D eigenvalue weighted by molar-refractivity contribution is 7.98. The van der Waals surface area contributed by atoms with E-state index in [0.29, 0.717) is 12.4 Å². The molecule has 1 N–H and O–H groups in total. The summed E-state index contributed by atoms with van der Waals surface area (Å²) in [5.74, 6) is 3.62. The molecule has 2 aromatic carbocycles. The van der Waals surface area contributed by atoms with E-state index in [1.54, 1.807) is 28.6 Å². The highest BCUT2D eigenvalue weighted by atomic mass is 32.2. The molecule has 1 aromatic heterocycles. The molecule has 0 fully saturated rings. The number of anilines is 1. The molecule has 1 aliphatic rings. The van der Waals surface area contributed by atoms with E-state index >= 15 is 0 Å². The number of thioether (sulfide) groups is 1. The third-order valence-electron chi connectivity index (χ3n) is 4.32. The van der Waals surface area contributed by atoms with E-state index in [2.05, 4.69) is 10.4 Å². The number of carbonyl (C=O) groups excluding carboxylic acids is 1. The lowest BCUT2D eigenvalue weighted by atomic mass is 10.2. The molecule has 6 nitrogen and oxygen atoms in total. The van der Waals surface area contributed by atoms with Gasteiger partial charge in [-0.3, -0.25) is 4.79 Å². The molecule has 4 rings (SSSR count). The van der Waals surface area contributed by atoms with E-state index in [0.717, 1.165) is 40.0 Å². The second-order valence-corrected chi connectivity index (χ2v) is 7.24. The van der Waals surface area contributed by atoms with Crippen LogP contribution in [0, 0.1) is 0 Å². The Morgan fingerprint density at radius 3 is 2.50 bits per heavy atom. The largest absolute Gasteiger partial charge is 0.494 e. The second kappa shape index (κ2) is 8.39. The summed E-state index contributed by atoms with van der Waals surface area (Å²) in [5, 5.41) is 7.68. The normalized spacial score (nSPS) is 12.5. The Kier molecular flexibility index (Phi) is 5.53. The average Bonchev–Trinajstić information content (AvgIpc) is 3.31. The van der Waals surface area contributed by atoms with Crippen LogP contribution in [0.5, 0.6) is 11.5 Å². The summed E-state index contributed by atoms with van der Waals surface area (Å²) in [7, 11) is 0. The zero-order valence-corrected chi connectivity index (χ0v) is 16.4. The molecular weight excluding hydrogens is 374 g/mol. The molecule has 0 bridgehead atoms. The molecule has 7 heteroatoms. The number of rotatable bonds is 7. The Hall–Kier alpha value is -2.93. The number of benzene rings is 2. The standard InChI is InChI=1S/C21H21N3O3S/c1-2-26-16-8-10-17(11-9-16)27-12-20(25)22-21-18-13-28-14-19(18)23-24(21)15-6-4-3-5-7-15/h3-11H,2,12-14H2,1H3,(H,22,25). The van der Waals surface area contributed by atoms with E-state index in [4.69, 9.17) is 9.47 Å². The predicted octanol–water partition coefficient (Wildman–Crippen LogP) is 4.04. The Labute approximate surface area is 167 Å². The summed E-state index contributed by atoms with van der Waals surface area (Å²) in [6.07, 6.45) is 0. The fourth-order valence-corrected chi connectivity index (χ4v) is 4.05. The Morgan fingerprint density at radius 1 is 1.07 bits per heavy atom. The van der Waals surface area contributed by atoms with Gasteiger partial charge in [0.1, 0.15) is 17.3 Å². The number of hydrogen-bond donors (Lipinski definition) is 1. The summed E-state index contributed by atoms with van der Waals surface area (Å²) in [4.78, 5) is 12.5. The first-order valence-electron chi connectivity index (χ1n) is 9.14.